The number of likely N-dealkylation sites (tertiary alicyclic amines) is 1. The standard InChI is InChI=1S/C22H26N2O5/c1-12-9-10-13(2)18(11-12)23-19(25)15(4)29-22(28)14(3)24-20(26)16-7-5-6-8-17(16)21(24)27/h5-6,9-11,14-17H,7-8H2,1-4H3,(H,23,25)/t14-,15-,16-,17+/m0/s1. The van der Waals surface area contributed by atoms with Gasteiger partial charge in [-0.2, -0.15) is 0 Å². The fourth-order valence-electron chi connectivity index (χ4n) is 3.74. The Morgan fingerprint density at radius 2 is 1.66 bits per heavy atom. The maximum Gasteiger partial charge on any atom is 0.329 e. The number of ether oxygens (including phenoxy) is 1. The first kappa shape index (κ1) is 20.8. The van der Waals surface area contributed by atoms with Crippen LogP contribution in [-0.4, -0.2) is 40.7 Å². The van der Waals surface area contributed by atoms with Gasteiger partial charge in [0.1, 0.15) is 6.04 Å². The quantitative estimate of drug-likeness (QED) is 0.467. The minimum Gasteiger partial charge on any atom is -0.451 e. The molecule has 4 atom stereocenters. The van der Waals surface area contributed by atoms with E-state index >= 15 is 0 Å². The zero-order valence-electron chi connectivity index (χ0n) is 17.1. The Balaban J connectivity index is 1.63. The van der Waals surface area contributed by atoms with Crippen molar-refractivity contribution in [3.8, 4) is 0 Å². The van der Waals surface area contributed by atoms with Crippen molar-refractivity contribution in [3.05, 3.63) is 41.5 Å². The van der Waals surface area contributed by atoms with E-state index in [4.69, 9.17) is 4.74 Å². The number of carbonyl (C=O) groups is 4. The molecule has 0 spiro atoms. The van der Waals surface area contributed by atoms with Crippen molar-refractivity contribution in [1.82, 2.24) is 4.90 Å². The van der Waals surface area contributed by atoms with Gasteiger partial charge in [-0.05, 0) is 57.7 Å². The summed E-state index contributed by atoms with van der Waals surface area (Å²) in [6.45, 7) is 6.70. The van der Waals surface area contributed by atoms with E-state index in [0.29, 0.717) is 18.5 Å². The molecule has 0 unspecified atom stereocenters. The van der Waals surface area contributed by atoms with E-state index in [0.717, 1.165) is 16.0 Å². The molecule has 1 heterocycles. The lowest BCUT2D eigenvalue weighted by atomic mass is 9.85. The number of hydrogen-bond acceptors (Lipinski definition) is 5. The summed E-state index contributed by atoms with van der Waals surface area (Å²) in [5, 5.41) is 2.75. The van der Waals surface area contributed by atoms with Gasteiger partial charge in [0.05, 0.1) is 11.8 Å². The van der Waals surface area contributed by atoms with Gasteiger partial charge >= 0.3 is 5.97 Å². The van der Waals surface area contributed by atoms with Gasteiger partial charge in [0.25, 0.3) is 5.91 Å². The summed E-state index contributed by atoms with van der Waals surface area (Å²) < 4.78 is 5.27. The number of hydrogen-bond donors (Lipinski definition) is 1. The highest BCUT2D eigenvalue weighted by Gasteiger charge is 2.50. The number of nitrogens with one attached hydrogen (secondary N) is 1. The van der Waals surface area contributed by atoms with Gasteiger partial charge in [-0.3, -0.25) is 19.3 Å². The molecule has 0 saturated carbocycles. The molecule has 1 aliphatic heterocycles. The van der Waals surface area contributed by atoms with Gasteiger partial charge in [-0.25, -0.2) is 4.79 Å². The second kappa shape index (κ2) is 8.19. The third-order valence-corrected chi connectivity index (χ3v) is 5.58. The van der Waals surface area contributed by atoms with E-state index in [-0.39, 0.29) is 11.8 Å². The largest absolute Gasteiger partial charge is 0.451 e. The molecule has 154 valence electrons. The summed E-state index contributed by atoms with van der Waals surface area (Å²) in [6.07, 6.45) is 3.71. The SMILES string of the molecule is Cc1ccc(C)c(NC(=O)[C@H](C)OC(=O)[C@H](C)N2C(=O)[C@H]3CC=CC[C@H]3C2=O)c1. The second-order valence-corrected chi connectivity index (χ2v) is 7.76. The van der Waals surface area contributed by atoms with Gasteiger partial charge in [-0.1, -0.05) is 24.3 Å². The lowest BCUT2D eigenvalue weighted by Gasteiger charge is -2.23. The molecule has 2 aliphatic rings. The molecule has 7 nitrogen and oxygen atoms in total. The van der Waals surface area contributed by atoms with E-state index in [1.54, 1.807) is 0 Å². The summed E-state index contributed by atoms with van der Waals surface area (Å²) in [6, 6.07) is 4.59. The Hall–Kier alpha value is -2.96. The molecular weight excluding hydrogens is 372 g/mol. The van der Waals surface area contributed by atoms with Crippen LogP contribution in [0.1, 0.15) is 37.8 Å². The molecule has 3 amide bonds. The Labute approximate surface area is 170 Å². The second-order valence-electron chi connectivity index (χ2n) is 7.76. The van der Waals surface area contributed by atoms with Crippen LogP contribution in [0.5, 0.6) is 0 Å². The number of benzene rings is 1. The number of carbonyl (C=O) groups excluding carboxylic acids is 4. The van der Waals surface area contributed by atoms with E-state index < -0.39 is 35.9 Å². The Morgan fingerprint density at radius 1 is 1.07 bits per heavy atom. The topological polar surface area (TPSA) is 92.8 Å². The number of rotatable bonds is 5. The smallest absolute Gasteiger partial charge is 0.329 e. The van der Waals surface area contributed by atoms with Crippen LogP contribution < -0.4 is 5.32 Å². The van der Waals surface area contributed by atoms with Crippen molar-refractivity contribution in [1.29, 1.82) is 0 Å². The van der Waals surface area contributed by atoms with Gasteiger partial charge in [0.2, 0.25) is 11.8 Å². The van der Waals surface area contributed by atoms with Crippen molar-refractivity contribution in [2.45, 2.75) is 52.7 Å². The molecule has 1 aromatic rings. The molecule has 1 aromatic carbocycles. The molecular formula is C22H26N2O5. The van der Waals surface area contributed by atoms with Crippen LogP contribution in [0.4, 0.5) is 5.69 Å². The number of fused-ring (bicyclic) bond motifs is 1. The normalized spacial score (nSPS) is 22.8. The summed E-state index contributed by atoms with van der Waals surface area (Å²) in [5.41, 5.74) is 2.53. The summed E-state index contributed by atoms with van der Waals surface area (Å²) in [7, 11) is 0. The first-order valence-corrected chi connectivity index (χ1v) is 9.81. The minimum absolute atomic E-state index is 0.346. The molecule has 7 heteroatoms. The zero-order chi connectivity index (χ0) is 21.3. The van der Waals surface area contributed by atoms with Crippen LogP contribution in [0.25, 0.3) is 0 Å². The molecule has 1 aliphatic carbocycles. The minimum atomic E-state index is -1.07. The van der Waals surface area contributed by atoms with Crippen LogP contribution in [0.2, 0.25) is 0 Å². The average Bonchev–Trinajstić information content (AvgIpc) is 2.94. The highest BCUT2D eigenvalue weighted by molar-refractivity contribution is 6.08. The monoisotopic (exact) mass is 398 g/mol. The van der Waals surface area contributed by atoms with Crippen LogP contribution in [0, 0.1) is 25.7 Å². The van der Waals surface area contributed by atoms with Crippen LogP contribution in [0.3, 0.4) is 0 Å². The van der Waals surface area contributed by atoms with Crippen molar-refractivity contribution in [2.75, 3.05) is 5.32 Å². The van der Waals surface area contributed by atoms with E-state index in [1.165, 1.54) is 13.8 Å². The highest BCUT2D eigenvalue weighted by Crippen LogP contribution is 2.36. The molecule has 3 rings (SSSR count). The summed E-state index contributed by atoms with van der Waals surface area (Å²) >= 11 is 0. The number of imide groups is 1. The van der Waals surface area contributed by atoms with Crippen molar-refractivity contribution < 1.29 is 23.9 Å². The molecule has 1 saturated heterocycles. The predicted molar refractivity (Wildman–Crippen MR) is 107 cm³/mol. The number of anilines is 1. The summed E-state index contributed by atoms with van der Waals surface area (Å²) in [4.78, 5) is 51.2. The number of esters is 1. The Morgan fingerprint density at radius 3 is 2.24 bits per heavy atom. The van der Waals surface area contributed by atoms with Crippen LogP contribution >= 0.6 is 0 Å². The summed E-state index contributed by atoms with van der Waals surface area (Å²) in [5.74, 6) is -2.76. The van der Waals surface area contributed by atoms with Gasteiger partial charge in [0.15, 0.2) is 6.10 Å². The zero-order valence-corrected chi connectivity index (χ0v) is 17.1. The fourth-order valence-corrected chi connectivity index (χ4v) is 3.74. The first-order valence-electron chi connectivity index (χ1n) is 9.81. The average molecular weight is 398 g/mol. The Kier molecular flexibility index (Phi) is 5.86. The molecule has 1 fully saturated rings. The van der Waals surface area contributed by atoms with Crippen LogP contribution in [-0.2, 0) is 23.9 Å². The van der Waals surface area contributed by atoms with Crippen LogP contribution in [0.15, 0.2) is 30.4 Å². The maximum absolute atomic E-state index is 12.6. The molecule has 0 aromatic heterocycles. The highest BCUT2D eigenvalue weighted by atomic mass is 16.5. The van der Waals surface area contributed by atoms with E-state index in [1.807, 2.05) is 44.2 Å². The van der Waals surface area contributed by atoms with Gasteiger partial charge < -0.3 is 10.1 Å². The third kappa shape index (κ3) is 4.09. The maximum atomic E-state index is 12.6. The number of amides is 3. The predicted octanol–water partition coefficient (Wildman–Crippen LogP) is 2.51. The van der Waals surface area contributed by atoms with E-state index in [9.17, 15) is 19.2 Å². The van der Waals surface area contributed by atoms with Gasteiger partial charge in [0, 0.05) is 5.69 Å². The molecule has 1 N–H and O–H groups in total. The van der Waals surface area contributed by atoms with Crippen molar-refractivity contribution in [3.63, 3.8) is 0 Å². The van der Waals surface area contributed by atoms with Crippen molar-refractivity contribution >= 4 is 29.4 Å². The van der Waals surface area contributed by atoms with Crippen molar-refractivity contribution in [2.24, 2.45) is 11.8 Å². The van der Waals surface area contributed by atoms with E-state index in [2.05, 4.69) is 5.32 Å². The lowest BCUT2D eigenvalue weighted by molar-refractivity contribution is -0.163. The lowest BCUT2D eigenvalue weighted by Crippen LogP contribution is -2.46. The fraction of sp³-hybridized carbons (Fsp3) is 0.455. The number of nitrogens with zero attached hydrogens (tertiary/aromatic N) is 1. The number of aryl methyl sites for hydroxylation is 2. The first-order chi connectivity index (χ1) is 13.7. The number of allylic oxidation sites excluding steroid dienone is 2. The molecule has 29 heavy (non-hydrogen) atoms. The van der Waals surface area contributed by atoms with Gasteiger partial charge in [-0.15, -0.1) is 0 Å². The molecule has 0 radical (unpaired) electrons. The third-order valence-electron chi connectivity index (χ3n) is 5.58. The molecule has 0 bridgehead atoms. The Bertz CT molecular complexity index is 865.